The van der Waals surface area contributed by atoms with Gasteiger partial charge in [0, 0.05) is 45.6 Å². The molecule has 9 rings (SSSR count). The van der Waals surface area contributed by atoms with Crippen LogP contribution in [0.1, 0.15) is 93.6 Å². The fourth-order valence-electron chi connectivity index (χ4n) is 8.78. The van der Waals surface area contributed by atoms with Gasteiger partial charge in [-0.2, -0.15) is 15.8 Å². The first-order valence-corrected chi connectivity index (χ1v) is 35.4. The summed E-state index contributed by atoms with van der Waals surface area (Å²) in [5, 5.41) is 54.0. The first-order chi connectivity index (χ1) is 42.8. The average Bonchev–Trinajstić information content (AvgIpc) is 1.76. The van der Waals surface area contributed by atoms with Crippen LogP contribution in [0.5, 0.6) is 0 Å². The highest BCUT2D eigenvalue weighted by molar-refractivity contribution is 9.10. The standard InChI is InChI=1S/C21H23FN4O4S2.C16H15FN4O2S2.C14H20BrN3O4S2.C7H5BFNO2/c1-20(2,3)30-19(27)24-18-25-21(4,12-32(28,29)26(18)5)17-9-15(11-31-17)14-6-13(10-23)7-16(22)8-14;1-16(9-25(22,23)21(2)15(19)20-16)14-6-12(8-24-14)11-3-10(7-18)4-13(17)5-11;1-13(2,3)22-12(19)16-11-17-14(4,8-24(20,21)18(11)5)10-6-9(15)7-23-10;9-7-2-5(4-10)1-6(3-7)8(11)12/h6-9,11H,12H2,1-5H3,(H,24,25,27);3-6,8H,9H2,1-2H3,(H2,19,20);6-7H,8H2,1-5H3,(H,16,17,19);1-3,11-12H/t21-;16-;14-;/m000./s1. The Labute approximate surface area is 557 Å². The van der Waals surface area contributed by atoms with Gasteiger partial charge in [0.05, 0.1) is 52.2 Å². The number of guanidine groups is 3. The number of amides is 2. The van der Waals surface area contributed by atoms with E-state index >= 15 is 0 Å². The van der Waals surface area contributed by atoms with Gasteiger partial charge in [-0.3, -0.25) is 10.6 Å². The molecule has 3 aromatic heterocycles. The molecule has 0 saturated heterocycles. The molecule has 2 amide bonds. The van der Waals surface area contributed by atoms with E-state index in [1.54, 1.807) is 103 Å². The van der Waals surface area contributed by atoms with Gasteiger partial charge in [-0.25, -0.2) is 75.9 Å². The number of benzene rings is 3. The minimum atomic E-state index is -3.79. The second kappa shape index (κ2) is 28.4. The topological polar surface area (TPSA) is 364 Å². The van der Waals surface area contributed by atoms with Gasteiger partial charge in [-0.15, -0.1) is 34.0 Å². The number of nitrogens with two attached hydrogens (primary N) is 1. The molecule has 93 heavy (non-hydrogen) atoms. The molecule has 3 aromatic carbocycles. The van der Waals surface area contributed by atoms with E-state index in [0.717, 1.165) is 46.5 Å². The minimum Gasteiger partial charge on any atom is -0.444 e. The van der Waals surface area contributed by atoms with E-state index < -0.39 is 94.6 Å². The zero-order valence-corrected chi connectivity index (χ0v) is 58.4. The first kappa shape index (κ1) is 74.1. The zero-order valence-electron chi connectivity index (χ0n) is 51.9. The van der Waals surface area contributed by atoms with Crippen LogP contribution >= 0.6 is 49.9 Å². The Morgan fingerprint density at radius 3 is 1.26 bits per heavy atom. The van der Waals surface area contributed by atoms with Crippen molar-refractivity contribution in [2.75, 3.05) is 38.4 Å². The summed E-state index contributed by atoms with van der Waals surface area (Å²) in [4.78, 5) is 39.7. The lowest BCUT2D eigenvalue weighted by atomic mass is 9.79. The predicted octanol–water partition coefficient (Wildman–Crippen LogP) is 8.29. The number of hydrogen-bond acceptors (Lipinski definition) is 22. The normalized spacial score (nSPS) is 20.2. The number of halogens is 4. The third kappa shape index (κ3) is 19.1. The molecule has 35 heteroatoms. The van der Waals surface area contributed by atoms with Crippen LogP contribution in [0.25, 0.3) is 22.3 Å². The number of alkyl carbamates (subject to hydrolysis) is 2. The van der Waals surface area contributed by atoms with Crippen LogP contribution < -0.4 is 21.8 Å². The molecule has 24 nitrogen and oxygen atoms in total. The third-order valence-corrected chi connectivity index (χ3v) is 23.4. The number of thiophene rings is 3. The Kier molecular flexibility index (Phi) is 22.6. The molecule has 0 saturated carbocycles. The van der Waals surface area contributed by atoms with E-state index in [1.807, 2.05) is 23.6 Å². The third-order valence-electron chi connectivity index (χ3n) is 13.3. The quantitative estimate of drug-likeness (QED) is 0.0979. The maximum absolute atomic E-state index is 13.9. The Hall–Kier alpha value is -7.92. The number of nitrogens with zero attached hydrogens (tertiary/aromatic N) is 9. The maximum atomic E-state index is 13.9. The fraction of sp³-hybridized carbons (Fsp3) is 0.345. The molecule has 0 fully saturated rings. The van der Waals surface area contributed by atoms with Crippen LogP contribution in [-0.2, 0) is 56.2 Å². The molecular weight excluding hydrogens is 1400 g/mol. The van der Waals surface area contributed by atoms with Crippen LogP contribution in [0.3, 0.4) is 0 Å². The van der Waals surface area contributed by atoms with Crippen molar-refractivity contribution in [3.8, 4) is 40.5 Å². The van der Waals surface area contributed by atoms with Crippen LogP contribution in [0.4, 0.5) is 22.8 Å². The number of carbonyl (C=O) groups excluding carboxylic acids is 2. The molecule has 0 aliphatic carbocycles. The van der Waals surface area contributed by atoms with Crippen LogP contribution in [0.15, 0.2) is 108 Å². The summed E-state index contributed by atoms with van der Waals surface area (Å²) in [6.45, 7) is 15.3. The second-order valence-corrected chi connectivity index (χ2v) is 33.2. The summed E-state index contributed by atoms with van der Waals surface area (Å²) in [7, 11) is -8.69. The lowest BCUT2D eigenvalue weighted by Gasteiger charge is -2.35. The maximum Gasteiger partial charge on any atom is 0.488 e. The minimum absolute atomic E-state index is 0.0217. The van der Waals surface area contributed by atoms with Gasteiger partial charge in [0.25, 0.3) is 0 Å². The summed E-state index contributed by atoms with van der Waals surface area (Å²) in [5.41, 5.74) is 3.95. The summed E-state index contributed by atoms with van der Waals surface area (Å²) >= 11 is 7.36. The Balaban J connectivity index is 0.000000205. The van der Waals surface area contributed by atoms with Crippen molar-refractivity contribution in [3.05, 3.63) is 142 Å². The van der Waals surface area contributed by atoms with E-state index in [2.05, 4.69) is 41.5 Å². The fourth-order valence-corrected chi connectivity index (χ4v) is 17.0. The van der Waals surface area contributed by atoms with Gasteiger partial charge in [0.15, 0.2) is 0 Å². The molecule has 0 radical (unpaired) electrons. The molecular formula is C58H63BBrF3N12O12S6. The van der Waals surface area contributed by atoms with Crippen molar-refractivity contribution in [2.24, 2.45) is 20.7 Å². The predicted molar refractivity (Wildman–Crippen MR) is 354 cm³/mol. The highest BCUT2D eigenvalue weighted by Gasteiger charge is 2.45. The van der Waals surface area contributed by atoms with Gasteiger partial charge < -0.3 is 25.3 Å². The molecule has 494 valence electrons. The van der Waals surface area contributed by atoms with Crippen molar-refractivity contribution in [1.29, 1.82) is 15.8 Å². The van der Waals surface area contributed by atoms with Gasteiger partial charge in [0.1, 0.15) is 45.3 Å². The summed E-state index contributed by atoms with van der Waals surface area (Å²) in [6, 6.07) is 22.1. The lowest BCUT2D eigenvalue weighted by molar-refractivity contribution is 0.0546. The van der Waals surface area contributed by atoms with Crippen molar-refractivity contribution >= 4 is 123 Å². The van der Waals surface area contributed by atoms with E-state index in [1.165, 1.54) is 73.4 Å². The smallest absolute Gasteiger partial charge is 0.444 e. The number of carbonyl (C=O) groups is 2. The molecule has 6 heterocycles. The van der Waals surface area contributed by atoms with Gasteiger partial charge in [-0.05, 0) is 190 Å². The number of nitrogens with one attached hydrogen (secondary N) is 2. The van der Waals surface area contributed by atoms with Crippen molar-refractivity contribution in [3.63, 3.8) is 0 Å². The van der Waals surface area contributed by atoms with E-state index in [0.29, 0.717) is 32.0 Å². The van der Waals surface area contributed by atoms with Crippen LogP contribution in [-0.4, -0.2) is 135 Å². The number of rotatable bonds is 6. The van der Waals surface area contributed by atoms with Crippen molar-refractivity contribution < 1.29 is 67.5 Å². The summed E-state index contributed by atoms with van der Waals surface area (Å²) in [5.74, 6) is -2.67. The Morgan fingerprint density at radius 2 is 0.914 bits per heavy atom. The average molecular weight is 1460 g/mol. The largest absolute Gasteiger partial charge is 0.488 e. The molecule has 3 aliphatic rings. The number of aliphatic imine (C=N–C) groups is 3. The number of nitriles is 3. The monoisotopic (exact) mass is 1460 g/mol. The SMILES string of the molecule is CN1C(N)=N[C@](C)(c2cc(-c3cc(F)cc(C#N)c3)cs2)CS1(=O)=O.CN1C(NC(=O)OC(C)(C)C)=N[C@](C)(c2cc(-c3cc(F)cc(C#N)c3)cs2)CS1(=O)=O.CN1C(NC(=O)OC(C)(C)C)=N[C@](C)(c2cc(Br)cs2)CS1(=O)=O.N#Cc1cc(F)cc(B(O)O)c1. The second-order valence-electron chi connectivity index (χ2n) is 23.6. The molecule has 3 aliphatic heterocycles. The van der Waals surface area contributed by atoms with E-state index in [-0.39, 0.29) is 57.3 Å². The van der Waals surface area contributed by atoms with E-state index in [9.17, 15) is 48.0 Å². The number of hydrogen-bond donors (Lipinski definition) is 5. The molecule has 6 aromatic rings. The molecule has 0 spiro atoms. The van der Waals surface area contributed by atoms with Crippen LogP contribution in [0, 0.1) is 51.4 Å². The molecule has 6 N–H and O–H groups in total. The Bertz CT molecular complexity index is 4460. The van der Waals surface area contributed by atoms with Gasteiger partial charge in [-0.1, -0.05) is 0 Å². The first-order valence-electron chi connectivity index (χ1n) is 27.2. The van der Waals surface area contributed by atoms with Crippen molar-refractivity contribution in [2.45, 2.75) is 90.1 Å². The highest BCUT2D eigenvalue weighted by Crippen LogP contribution is 2.41. The summed E-state index contributed by atoms with van der Waals surface area (Å²) < 4.78 is 129. The number of sulfonamides is 3. The lowest BCUT2D eigenvalue weighted by Crippen LogP contribution is -2.53. The van der Waals surface area contributed by atoms with Crippen molar-refractivity contribution in [1.82, 2.24) is 23.5 Å². The number of ether oxygens (including phenoxy) is 2. The molecule has 0 bridgehead atoms. The highest BCUT2D eigenvalue weighted by atomic mass is 79.9. The van der Waals surface area contributed by atoms with Gasteiger partial charge in [0.2, 0.25) is 47.9 Å². The molecule has 0 unspecified atom stereocenters. The summed E-state index contributed by atoms with van der Waals surface area (Å²) in [6.07, 6.45) is -1.57. The van der Waals surface area contributed by atoms with E-state index in [4.69, 9.17) is 41.0 Å². The van der Waals surface area contributed by atoms with Crippen LogP contribution in [0.2, 0.25) is 0 Å². The molecule has 3 atom stereocenters. The Morgan fingerprint density at radius 1 is 0.570 bits per heavy atom. The van der Waals surface area contributed by atoms with Gasteiger partial charge >= 0.3 is 19.3 Å². The zero-order chi connectivity index (χ0) is 69.8.